The second-order valence-corrected chi connectivity index (χ2v) is 14.9. The van der Waals surface area contributed by atoms with Gasteiger partial charge in [0, 0.05) is 38.2 Å². The number of anilines is 3. The van der Waals surface area contributed by atoms with Gasteiger partial charge in [-0.1, -0.05) is 141 Å². The zero-order chi connectivity index (χ0) is 36.0. The minimum atomic E-state index is -0.142. The third-order valence-electron chi connectivity index (χ3n) is 11.5. The van der Waals surface area contributed by atoms with E-state index in [4.69, 9.17) is 8.83 Å². The number of benzene rings is 8. The molecule has 0 fully saturated rings. The molecule has 1 aliphatic rings. The van der Waals surface area contributed by atoms with Crippen molar-refractivity contribution in [2.75, 3.05) is 4.90 Å². The van der Waals surface area contributed by atoms with Crippen molar-refractivity contribution in [1.82, 2.24) is 0 Å². The Balaban J connectivity index is 1.13. The fraction of sp³-hybridized carbons (Fsp3) is 0.0588. The van der Waals surface area contributed by atoms with Gasteiger partial charge in [0.05, 0.1) is 11.4 Å². The standard InChI is InChI=1S/C51H35NO2/c1-51(2)43-21-11-9-19-37(43)38-27-25-35(29-44(38)51)52(45-22-12-10-18-36(45)33-16-7-4-8-17-33)46-23-13-20-40-42-31-48-41(30-49(42)54-50(40)46)39-26-24-34(28-47(39)53-48)32-14-5-3-6-15-32/h3-31H,1-2H3. The van der Waals surface area contributed by atoms with Crippen molar-refractivity contribution >= 4 is 60.9 Å². The molecule has 10 aromatic rings. The fourth-order valence-corrected chi connectivity index (χ4v) is 8.81. The van der Waals surface area contributed by atoms with Crippen LogP contribution in [0.2, 0.25) is 0 Å². The monoisotopic (exact) mass is 693 g/mol. The van der Waals surface area contributed by atoms with Crippen LogP contribution < -0.4 is 4.90 Å². The molecule has 0 radical (unpaired) electrons. The third kappa shape index (κ3) is 4.55. The maximum atomic E-state index is 6.97. The van der Waals surface area contributed by atoms with Gasteiger partial charge in [0.15, 0.2) is 5.58 Å². The van der Waals surface area contributed by atoms with Gasteiger partial charge in [-0.3, -0.25) is 0 Å². The van der Waals surface area contributed by atoms with E-state index >= 15 is 0 Å². The van der Waals surface area contributed by atoms with E-state index in [0.29, 0.717) is 0 Å². The third-order valence-corrected chi connectivity index (χ3v) is 11.5. The lowest BCUT2D eigenvalue weighted by Crippen LogP contribution is -2.17. The predicted molar refractivity (Wildman–Crippen MR) is 224 cm³/mol. The van der Waals surface area contributed by atoms with Gasteiger partial charge in [0.2, 0.25) is 0 Å². The quantitative estimate of drug-likeness (QED) is 0.180. The average Bonchev–Trinajstić information content (AvgIpc) is 3.85. The Hall–Kier alpha value is -6.84. The molecule has 0 unspecified atom stereocenters. The first kappa shape index (κ1) is 30.8. The number of hydrogen-bond donors (Lipinski definition) is 0. The molecule has 54 heavy (non-hydrogen) atoms. The van der Waals surface area contributed by atoms with Crippen LogP contribution in [-0.2, 0) is 5.41 Å². The van der Waals surface area contributed by atoms with Gasteiger partial charge in [-0.25, -0.2) is 0 Å². The smallest absolute Gasteiger partial charge is 0.159 e. The minimum absolute atomic E-state index is 0.142. The summed E-state index contributed by atoms with van der Waals surface area (Å²) in [5.41, 5.74) is 16.3. The topological polar surface area (TPSA) is 29.5 Å². The molecule has 3 heteroatoms. The van der Waals surface area contributed by atoms with Crippen molar-refractivity contribution in [3.8, 4) is 33.4 Å². The molecule has 256 valence electrons. The average molecular weight is 694 g/mol. The summed E-state index contributed by atoms with van der Waals surface area (Å²) in [7, 11) is 0. The largest absolute Gasteiger partial charge is 0.456 e. The highest BCUT2D eigenvalue weighted by molar-refractivity contribution is 6.17. The van der Waals surface area contributed by atoms with Crippen LogP contribution in [0.5, 0.6) is 0 Å². The molecule has 0 atom stereocenters. The summed E-state index contributed by atoms with van der Waals surface area (Å²) in [4.78, 5) is 2.39. The molecular weight excluding hydrogens is 659 g/mol. The van der Waals surface area contributed by atoms with Crippen molar-refractivity contribution in [1.29, 1.82) is 0 Å². The van der Waals surface area contributed by atoms with E-state index in [2.05, 4.69) is 189 Å². The molecule has 0 saturated heterocycles. The second-order valence-electron chi connectivity index (χ2n) is 14.9. The minimum Gasteiger partial charge on any atom is -0.456 e. The zero-order valence-corrected chi connectivity index (χ0v) is 30.0. The molecule has 0 amide bonds. The maximum Gasteiger partial charge on any atom is 0.159 e. The van der Waals surface area contributed by atoms with E-state index < -0.39 is 0 Å². The van der Waals surface area contributed by atoms with Gasteiger partial charge in [0.25, 0.3) is 0 Å². The van der Waals surface area contributed by atoms with Gasteiger partial charge >= 0.3 is 0 Å². The Kier molecular flexibility index (Phi) is 6.60. The lowest BCUT2D eigenvalue weighted by atomic mass is 9.82. The zero-order valence-electron chi connectivity index (χ0n) is 30.0. The Bertz CT molecular complexity index is 3080. The number of para-hydroxylation sites is 2. The van der Waals surface area contributed by atoms with Crippen LogP contribution in [0.3, 0.4) is 0 Å². The number of rotatable bonds is 5. The van der Waals surface area contributed by atoms with Crippen LogP contribution in [0, 0.1) is 0 Å². The molecule has 2 heterocycles. The normalized spacial score (nSPS) is 13.1. The second kappa shape index (κ2) is 11.6. The molecule has 11 rings (SSSR count). The highest BCUT2D eigenvalue weighted by Gasteiger charge is 2.36. The van der Waals surface area contributed by atoms with Crippen LogP contribution in [0.1, 0.15) is 25.0 Å². The summed E-state index contributed by atoms with van der Waals surface area (Å²) >= 11 is 0. The first-order valence-electron chi connectivity index (χ1n) is 18.6. The summed E-state index contributed by atoms with van der Waals surface area (Å²) in [6, 6.07) is 62.8. The molecule has 2 aromatic heterocycles. The van der Waals surface area contributed by atoms with E-state index in [9.17, 15) is 0 Å². The van der Waals surface area contributed by atoms with E-state index in [1.807, 2.05) is 6.07 Å². The van der Waals surface area contributed by atoms with Gasteiger partial charge in [0.1, 0.15) is 16.7 Å². The number of fused-ring (bicyclic) bond motifs is 9. The first-order chi connectivity index (χ1) is 26.5. The molecule has 0 spiro atoms. The Morgan fingerprint density at radius 2 is 1.02 bits per heavy atom. The molecule has 1 aliphatic carbocycles. The maximum absolute atomic E-state index is 6.97. The first-order valence-corrected chi connectivity index (χ1v) is 18.6. The van der Waals surface area contributed by atoms with Crippen LogP contribution in [0.15, 0.2) is 185 Å². The van der Waals surface area contributed by atoms with Crippen LogP contribution >= 0.6 is 0 Å². The Morgan fingerprint density at radius 1 is 0.389 bits per heavy atom. The molecule has 8 aromatic carbocycles. The van der Waals surface area contributed by atoms with E-state index in [-0.39, 0.29) is 5.41 Å². The summed E-state index contributed by atoms with van der Waals surface area (Å²) in [5, 5.41) is 4.20. The number of furan rings is 2. The van der Waals surface area contributed by atoms with Crippen molar-refractivity contribution in [2.24, 2.45) is 0 Å². The number of hydrogen-bond acceptors (Lipinski definition) is 3. The van der Waals surface area contributed by atoms with Crippen molar-refractivity contribution in [2.45, 2.75) is 19.3 Å². The molecular formula is C51H35NO2. The molecule has 0 bridgehead atoms. The highest BCUT2D eigenvalue weighted by atomic mass is 16.3. The summed E-state index contributed by atoms with van der Waals surface area (Å²) in [6.07, 6.45) is 0. The van der Waals surface area contributed by atoms with Gasteiger partial charge in [-0.15, -0.1) is 0 Å². The lowest BCUT2D eigenvalue weighted by Gasteiger charge is -2.29. The van der Waals surface area contributed by atoms with Gasteiger partial charge in [-0.2, -0.15) is 0 Å². The summed E-state index contributed by atoms with van der Waals surface area (Å²) < 4.78 is 13.5. The predicted octanol–water partition coefficient (Wildman–Crippen LogP) is 14.6. The fourth-order valence-electron chi connectivity index (χ4n) is 8.81. The molecule has 0 aliphatic heterocycles. The van der Waals surface area contributed by atoms with Crippen LogP contribution in [0.25, 0.3) is 77.3 Å². The van der Waals surface area contributed by atoms with Crippen molar-refractivity contribution in [3.63, 3.8) is 0 Å². The summed E-state index contributed by atoms with van der Waals surface area (Å²) in [5.74, 6) is 0. The van der Waals surface area contributed by atoms with E-state index in [0.717, 1.165) is 77.6 Å². The lowest BCUT2D eigenvalue weighted by molar-refractivity contribution is 0.660. The SMILES string of the molecule is CC1(C)c2ccccc2-c2ccc(N(c3ccccc3-c3ccccc3)c3cccc4c3oc3cc5c(cc34)oc3cc(-c4ccccc4)ccc35)cc21. The molecule has 3 nitrogen and oxygen atoms in total. The van der Waals surface area contributed by atoms with Crippen LogP contribution in [0.4, 0.5) is 17.1 Å². The Labute approximate surface area is 313 Å². The van der Waals surface area contributed by atoms with Gasteiger partial charge < -0.3 is 13.7 Å². The van der Waals surface area contributed by atoms with Crippen molar-refractivity contribution < 1.29 is 8.83 Å². The Morgan fingerprint density at radius 3 is 1.83 bits per heavy atom. The van der Waals surface area contributed by atoms with Crippen molar-refractivity contribution in [3.05, 3.63) is 187 Å². The number of nitrogens with zero attached hydrogens (tertiary/aromatic N) is 1. The highest BCUT2D eigenvalue weighted by Crippen LogP contribution is 2.52. The van der Waals surface area contributed by atoms with E-state index in [1.54, 1.807) is 0 Å². The molecule has 0 N–H and O–H groups in total. The molecule has 0 saturated carbocycles. The van der Waals surface area contributed by atoms with E-state index in [1.165, 1.54) is 27.8 Å². The van der Waals surface area contributed by atoms with Gasteiger partial charge in [-0.05, 0) is 87.5 Å². The van der Waals surface area contributed by atoms with Crippen LogP contribution in [-0.4, -0.2) is 0 Å². The summed E-state index contributed by atoms with van der Waals surface area (Å²) in [6.45, 7) is 4.68.